The number of carbonyl (C=O) groups is 2. The maximum Gasteiger partial charge on any atom is 0.343 e. The summed E-state index contributed by atoms with van der Waals surface area (Å²) in [4.78, 5) is 23.0. The fourth-order valence-corrected chi connectivity index (χ4v) is 1.59. The Morgan fingerprint density at radius 1 is 0.905 bits per heavy atom. The number of esters is 2. The van der Waals surface area contributed by atoms with Gasteiger partial charge < -0.3 is 9.47 Å². The quantitative estimate of drug-likeness (QED) is 0.490. The number of hydrogen-bond donors (Lipinski definition) is 0. The van der Waals surface area contributed by atoms with Crippen molar-refractivity contribution in [1.29, 1.82) is 0 Å². The molecule has 0 amide bonds. The van der Waals surface area contributed by atoms with Gasteiger partial charge in [-0.3, -0.25) is 0 Å². The second kappa shape index (κ2) is 6.52. The normalized spacial score (nSPS) is 9.76. The number of hydrogen-bond acceptors (Lipinski definition) is 4. The maximum atomic E-state index is 11.9. The summed E-state index contributed by atoms with van der Waals surface area (Å²) in [5.41, 5.74) is 1.46. The highest BCUT2D eigenvalue weighted by molar-refractivity contribution is 5.91. The van der Waals surface area contributed by atoms with E-state index in [9.17, 15) is 9.59 Å². The zero-order valence-electron chi connectivity index (χ0n) is 11.5. The molecule has 0 aromatic heterocycles. The van der Waals surface area contributed by atoms with Gasteiger partial charge in [0.1, 0.15) is 11.5 Å². The van der Waals surface area contributed by atoms with Gasteiger partial charge in [0.25, 0.3) is 0 Å². The second-order valence-electron chi connectivity index (χ2n) is 4.35. The summed E-state index contributed by atoms with van der Waals surface area (Å²) in [6.07, 6.45) is 1.07. The van der Waals surface area contributed by atoms with Crippen LogP contribution in [0.5, 0.6) is 11.5 Å². The van der Waals surface area contributed by atoms with Crippen molar-refractivity contribution < 1.29 is 19.1 Å². The van der Waals surface area contributed by atoms with E-state index in [1.54, 1.807) is 12.1 Å². The second-order valence-corrected chi connectivity index (χ2v) is 4.35. The topological polar surface area (TPSA) is 52.6 Å². The van der Waals surface area contributed by atoms with Gasteiger partial charge in [0.05, 0.1) is 5.56 Å². The Bertz CT molecular complexity index is 654. The van der Waals surface area contributed by atoms with Crippen molar-refractivity contribution in [1.82, 2.24) is 0 Å². The highest BCUT2D eigenvalue weighted by Crippen LogP contribution is 2.16. The van der Waals surface area contributed by atoms with Crippen molar-refractivity contribution in [3.63, 3.8) is 0 Å². The molecule has 106 valence electrons. The van der Waals surface area contributed by atoms with Crippen LogP contribution in [0.15, 0.2) is 61.2 Å². The van der Waals surface area contributed by atoms with Crippen molar-refractivity contribution in [3.8, 4) is 11.5 Å². The Hall–Kier alpha value is -2.88. The Morgan fingerprint density at radius 3 is 2.00 bits per heavy atom. The van der Waals surface area contributed by atoms with Crippen LogP contribution in [-0.4, -0.2) is 11.9 Å². The minimum atomic E-state index is -0.551. The van der Waals surface area contributed by atoms with Gasteiger partial charge in [-0.25, -0.2) is 9.59 Å². The average Bonchev–Trinajstić information content (AvgIpc) is 2.50. The number of carbonyl (C=O) groups excluding carboxylic acids is 2. The molecular weight excluding hydrogens is 268 g/mol. The molecule has 0 saturated carbocycles. The van der Waals surface area contributed by atoms with E-state index in [0.717, 1.165) is 11.6 Å². The number of rotatable bonds is 4. The first-order valence-electron chi connectivity index (χ1n) is 6.31. The number of benzene rings is 2. The molecule has 0 bridgehead atoms. The van der Waals surface area contributed by atoms with Gasteiger partial charge in [0, 0.05) is 6.08 Å². The summed E-state index contributed by atoms with van der Waals surface area (Å²) in [7, 11) is 0. The molecule has 2 aromatic carbocycles. The van der Waals surface area contributed by atoms with Crippen LogP contribution in [0.25, 0.3) is 0 Å². The molecule has 2 rings (SSSR count). The lowest BCUT2D eigenvalue weighted by Gasteiger charge is -2.05. The highest BCUT2D eigenvalue weighted by atomic mass is 16.5. The van der Waals surface area contributed by atoms with Crippen LogP contribution >= 0.6 is 0 Å². The minimum Gasteiger partial charge on any atom is -0.423 e. The van der Waals surface area contributed by atoms with E-state index >= 15 is 0 Å². The molecule has 0 aliphatic rings. The van der Waals surface area contributed by atoms with E-state index in [2.05, 4.69) is 6.58 Å². The van der Waals surface area contributed by atoms with E-state index in [1.165, 1.54) is 24.3 Å². The fourth-order valence-electron chi connectivity index (χ4n) is 1.59. The zero-order valence-corrected chi connectivity index (χ0v) is 11.5. The summed E-state index contributed by atoms with van der Waals surface area (Å²) in [6, 6.07) is 13.3. The molecule has 0 aliphatic carbocycles. The van der Waals surface area contributed by atoms with Crippen LogP contribution in [0.4, 0.5) is 0 Å². The highest BCUT2D eigenvalue weighted by Gasteiger charge is 2.09. The van der Waals surface area contributed by atoms with E-state index in [1.807, 2.05) is 19.1 Å². The molecule has 0 unspecified atom stereocenters. The summed E-state index contributed by atoms with van der Waals surface area (Å²) < 4.78 is 10.2. The monoisotopic (exact) mass is 282 g/mol. The summed E-state index contributed by atoms with van der Waals surface area (Å²) in [5.74, 6) is -0.204. The smallest absolute Gasteiger partial charge is 0.343 e. The Balaban J connectivity index is 2.04. The lowest BCUT2D eigenvalue weighted by molar-refractivity contribution is -0.128. The average molecular weight is 282 g/mol. The molecular formula is C17H14O4. The summed E-state index contributed by atoms with van der Waals surface area (Å²) >= 11 is 0. The Kier molecular flexibility index (Phi) is 4.51. The summed E-state index contributed by atoms with van der Waals surface area (Å²) in [6.45, 7) is 5.26. The molecule has 0 radical (unpaired) electrons. The van der Waals surface area contributed by atoms with Crippen LogP contribution in [0.3, 0.4) is 0 Å². The number of aryl methyl sites for hydroxylation is 1. The van der Waals surface area contributed by atoms with Gasteiger partial charge in [-0.15, -0.1) is 0 Å². The molecule has 0 atom stereocenters. The maximum absolute atomic E-state index is 11.9. The predicted octanol–water partition coefficient (Wildman–Crippen LogP) is 3.31. The van der Waals surface area contributed by atoms with Crippen LogP contribution < -0.4 is 9.47 Å². The summed E-state index contributed by atoms with van der Waals surface area (Å²) in [5, 5.41) is 0. The number of ether oxygens (including phenoxy) is 2. The molecule has 0 spiro atoms. The first-order chi connectivity index (χ1) is 10.1. The molecule has 0 aliphatic heterocycles. The Labute approximate surface area is 122 Å². The third-order valence-electron chi connectivity index (χ3n) is 2.71. The SMILES string of the molecule is C=CC(=O)Oc1ccc(C(=O)Oc2ccc(C)cc2)cc1. The minimum absolute atomic E-state index is 0.340. The van der Waals surface area contributed by atoms with Crippen LogP contribution in [0.2, 0.25) is 0 Å². The van der Waals surface area contributed by atoms with Crippen LogP contribution in [-0.2, 0) is 4.79 Å². The molecule has 21 heavy (non-hydrogen) atoms. The largest absolute Gasteiger partial charge is 0.423 e. The lowest BCUT2D eigenvalue weighted by Crippen LogP contribution is -2.09. The fraction of sp³-hybridized carbons (Fsp3) is 0.0588. The molecule has 0 heterocycles. The third-order valence-corrected chi connectivity index (χ3v) is 2.71. The van der Waals surface area contributed by atoms with Crippen molar-refractivity contribution in [3.05, 3.63) is 72.3 Å². The molecule has 0 N–H and O–H groups in total. The van der Waals surface area contributed by atoms with E-state index in [-0.39, 0.29) is 0 Å². The van der Waals surface area contributed by atoms with Gasteiger partial charge in [-0.2, -0.15) is 0 Å². The van der Waals surface area contributed by atoms with Crippen molar-refractivity contribution in [2.75, 3.05) is 0 Å². The third kappa shape index (κ3) is 4.04. The standard InChI is InChI=1S/C17H14O4/c1-3-16(18)20-14-10-6-13(7-11-14)17(19)21-15-8-4-12(2)5-9-15/h3-11H,1H2,2H3. The van der Waals surface area contributed by atoms with Crippen LogP contribution in [0.1, 0.15) is 15.9 Å². The van der Waals surface area contributed by atoms with Gasteiger partial charge in [0.15, 0.2) is 0 Å². The molecule has 4 heteroatoms. The van der Waals surface area contributed by atoms with Gasteiger partial charge in [-0.05, 0) is 43.3 Å². The molecule has 4 nitrogen and oxygen atoms in total. The van der Waals surface area contributed by atoms with Gasteiger partial charge >= 0.3 is 11.9 Å². The van der Waals surface area contributed by atoms with Crippen LogP contribution in [0, 0.1) is 6.92 Å². The van der Waals surface area contributed by atoms with Crippen molar-refractivity contribution in [2.24, 2.45) is 0 Å². The van der Waals surface area contributed by atoms with E-state index < -0.39 is 11.9 Å². The van der Waals surface area contributed by atoms with Crippen molar-refractivity contribution >= 4 is 11.9 Å². The molecule has 0 saturated heterocycles. The van der Waals surface area contributed by atoms with E-state index in [0.29, 0.717) is 17.1 Å². The molecule has 0 fully saturated rings. The predicted molar refractivity (Wildman–Crippen MR) is 78.4 cm³/mol. The lowest BCUT2D eigenvalue weighted by atomic mass is 10.2. The van der Waals surface area contributed by atoms with Gasteiger partial charge in [-0.1, -0.05) is 24.3 Å². The Morgan fingerprint density at radius 2 is 1.43 bits per heavy atom. The first-order valence-corrected chi connectivity index (χ1v) is 6.31. The van der Waals surface area contributed by atoms with Gasteiger partial charge in [0.2, 0.25) is 0 Å². The molecule has 2 aromatic rings. The van der Waals surface area contributed by atoms with Crippen molar-refractivity contribution in [2.45, 2.75) is 6.92 Å². The van der Waals surface area contributed by atoms with E-state index in [4.69, 9.17) is 9.47 Å². The zero-order chi connectivity index (χ0) is 15.2. The first kappa shape index (κ1) is 14.5.